The van der Waals surface area contributed by atoms with E-state index in [0.29, 0.717) is 46.5 Å². The Bertz CT molecular complexity index is 1330. The monoisotopic (exact) mass is 402 g/mol. The molecule has 4 aromatic rings. The Morgan fingerprint density at radius 1 is 1.03 bits per heavy atom. The van der Waals surface area contributed by atoms with Crippen LogP contribution in [0.25, 0.3) is 33.3 Å². The molecule has 2 aromatic carbocycles. The van der Waals surface area contributed by atoms with E-state index in [4.69, 9.17) is 5.73 Å². The molecule has 0 radical (unpaired) electrons. The van der Waals surface area contributed by atoms with Gasteiger partial charge in [-0.15, -0.1) is 0 Å². The molecule has 152 valence electrons. The molecule has 30 heavy (non-hydrogen) atoms. The number of amides is 1. The van der Waals surface area contributed by atoms with E-state index in [1.807, 2.05) is 29.2 Å². The van der Waals surface area contributed by atoms with Crippen molar-refractivity contribution in [3.8, 4) is 11.4 Å². The van der Waals surface area contributed by atoms with Crippen LogP contribution in [0.2, 0.25) is 0 Å². The van der Waals surface area contributed by atoms with Crippen molar-refractivity contribution >= 4 is 33.5 Å². The van der Waals surface area contributed by atoms with Gasteiger partial charge in [-0.05, 0) is 37.4 Å². The van der Waals surface area contributed by atoms with Gasteiger partial charge >= 0.3 is 0 Å². The molecule has 0 aliphatic carbocycles. The highest BCUT2D eigenvalue weighted by Crippen LogP contribution is 2.31. The molecule has 1 saturated heterocycles. The number of carbonyl (C=O) groups is 1. The fourth-order valence-corrected chi connectivity index (χ4v) is 3.92. The van der Waals surface area contributed by atoms with Crippen molar-refractivity contribution in [2.75, 3.05) is 39.0 Å². The second kappa shape index (κ2) is 7.00. The van der Waals surface area contributed by atoms with Crippen LogP contribution < -0.4 is 11.3 Å². The summed E-state index contributed by atoms with van der Waals surface area (Å²) in [5.41, 5.74) is 9.86. The van der Waals surface area contributed by atoms with Crippen LogP contribution in [0.5, 0.6) is 0 Å². The Hall–Kier alpha value is -3.65. The quantitative estimate of drug-likeness (QED) is 0.475. The van der Waals surface area contributed by atoms with Crippen LogP contribution in [0, 0.1) is 0 Å². The number of nitrogens with two attached hydrogens (primary N) is 1. The van der Waals surface area contributed by atoms with Gasteiger partial charge in [0.25, 0.3) is 11.5 Å². The van der Waals surface area contributed by atoms with Gasteiger partial charge in [0.1, 0.15) is 0 Å². The number of rotatable bonds is 2. The van der Waals surface area contributed by atoms with E-state index < -0.39 is 0 Å². The molecule has 4 N–H and O–H groups in total. The average Bonchev–Trinajstić information content (AvgIpc) is 3.09. The highest BCUT2D eigenvalue weighted by molar-refractivity contribution is 6.04. The lowest BCUT2D eigenvalue weighted by atomic mass is 10.1. The number of para-hydroxylation sites is 2. The molecule has 8 nitrogen and oxygen atoms in total. The molecule has 0 unspecified atom stereocenters. The molecule has 1 amide bonds. The number of hydrogen-bond acceptors (Lipinski definition) is 5. The second-order valence-electron chi connectivity index (χ2n) is 7.70. The Morgan fingerprint density at radius 2 is 1.80 bits per heavy atom. The maximum absolute atomic E-state index is 12.9. The summed E-state index contributed by atoms with van der Waals surface area (Å²) in [5.74, 6) is -0.00572. The number of nitrogens with zero attached hydrogens (tertiary/aromatic N) is 3. The molecular formula is C22H22N6O2. The molecule has 1 aliphatic rings. The van der Waals surface area contributed by atoms with Crippen molar-refractivity contribution < 1.29 is 4.79 Å². The van der Waals surface area contributed by atoms with Crippen LogP contribution in [-0.2, 0) is 0 Å². The van der Waals surface area contributed by atoms with Crippen LogP contribution >= 0.6 is 0 Å². The van der Waals surface area contributed by atoms with Crippen molar-refractivity contribution in [2.24, 2.45) is 0 Å². The van der Waals surface area contributed by atoms with Crippen LogP contribution in [0.4, 0.5) is 5.69 Å². The molecule has 3 heterocycles. The summed E-state index contributed by atoms with van der Waals surface area (Å²) in [6, 6.07) is 12.8. The van der Waals surface area contributed by atoms with E-state index in [9.17, 15) is 9.59 Å². The number of anilines is 1. The van der Waals surface area contributed by atoms with Crippen molar-refractivity contribution in [3.05, 3.63) is 58.4 Å². The molecule has 2 aromatic heterocycles. The zero-order valence-electron chi connectivity index (χ0n) is 16.6. The number of hydrogen-bond donors (Lipinski definition) is 3. The second-order valence-corrected chi connectivity index (χ2v) is 7.70. The Kier molecular flexibility index (Phi) is 4.29. The molecular weight excluding hydrogens is 380 g/mol. The first-order valence-corrected chi connectivity index (χ1v) is 9.90. The molecule has 1 aliphatic heterocycles. The average molecular weight is 402 g/mol. The van der Waals surface area contributed by atoms with Crippen molar-refractivity contribution in [3.63, 3.8) is 0 Å². The lowest BCUT2D eigenvalue weighted by Crippen LogP contribution is -2.47. The first-order chi connectivity index (χ1) is 14.5. The van der Waals surface area contributed by atoms with Gasteiger partial charge in [-0.3, -0.25) is 9.59 Å². The Morgan fingerprint density at radius 3 is 2.60 bits per heavy atom. The summed E-state index contributed by atoms with van der Waals surface area (Å²) in [6.45, 7) is 3.14. The molecule has 5 rings (SSSR count). The number of likely N-dealkylation sites (N-methyl/N-ethyl adjacent to an activating group) is 1. The number of aromatic nitrogens is 3. The predicted molar refractivity (Wildman–Crippen MR) is 117 cm³/mol. The minimum atomic E-state index is -0.319. The van der Waals surface area contributed by atoms with Gasteiger partial charge in [-0.25, -0.2) is 4.98 Å². The first-order valence-electron chi connectivity index (χ1n) is 9.90. The highest BCUT2D eigenvalue weighted by Gasteiger charge is 2.22. The normalized spacial score (nSPS) is 15.2. The molecule has 0 spiro atoms. The molecule has 8 heteroatoms. The van der Waals surface area contributed by atoms with Crippen molar-refractivity contribution in [2.45, 2.75) is 0 Å². The lowest BCUT2D eigenvalue weighted by Gasteiger charge is -2.32. The van der Waals surface area contributed by atoms with Gasteiger partial charge in [0.2, 0.25) is 0 Å². The largest absolute Gasteiger partial charge is 0.396 e. The van der Waals surface area contributed by atoms with E-state index in [0.717, 1.165) is 18.6 Å². The molecule has 0 bridgehead atoms. The Balaban J connectivity index is 1.56. The van der Waals surface area contributed by atoms with Crippen LogP contribution in [0.3, 0.4) is 0 Å². The number of fused-ring (bicyclic) bond motifs is 2. The van der Waals surface area contributed by atoms with E-state index in [1.165, 1.54) is 0 Å². The lowest BCUT2D eigenvalue weighted by molar-refractivity contribution is 0.0664. The third-order valence-corrected chi connectivity index (χ3v) is 5.71. The Labute approximate surface area is 172 Å². The smallest absolute Gasteiger partial charge is 0.276 e. The van der Waals surface area contributed by atoms with Gasteiger partial charge in [-0.1, -0.05) is 12.1 Å². The van der Waals surface area contributed by atoms with E-state index in [2.05, 4.69) is 26.9 Å². The first kappa shape index (κ1) is 18.4. The van der Waals surface area contributed by atoms with Crippen LogP contribution in [0.15, 0.2) is 47.3 Å². The number of carbonyl (C=O) groups excluding carboxylic acids is 1. The van der Waals surface area contributed by atoms with Gasteiger partial charge in [0, 0.05) is 42.6 Å². The van der Waals surface area contributed by atoms with E-state index in [-0.39, 0.29) is 17.2 Å². The third kappa shape index (κ3) is 3.02. The fraction of sp³-hybridized carbons (Fsp3) is 0.227. The van der Waals surface area contributed by atoms with Gasteiger partial charge in [-0.2, -0.15) is 0 Å². The maximum Gasteiger partial charge on any atom is 0.276 e. The van der Waals surface area contributed by atoms with Gasteiger partial charge in [0.05, 0.1) is 22.4 Å². The summed E-state index contributed by atoms with van der Waals surface area (Å²) in [4.78, 5) is 40.2. The predicted octanol–water partition coefficient (Wildman–Crippen LogP) is 2.04. The van der Waals surface area contributed by atoms with Crippen LogP contribution in [0.1, 0.15) is 10.4 Å². The SMILES string of the molecule is CN1CCN(C(=O)c2ccc3[nH]c(-c4nc5ccccc5[nH]c4=O)c(N)c3c2)CC1. The standard InChI is InChI=1S/C22H22N6O2/c1-27-8-10-28(11-9-27)22(30)13-6-7-15-14(12-13)18(23)19(24-15)20-21(29)26-17-5-3-2-4-16(17)25-20/h2-7,12,24H,8-11,23H2,1H3,(H,26,29). The summed E-state index contributed by atoms with van der Waals surface area (Å²) in [5, 5.41) is 0.708. The summed E-state index contributed by atoms with van der Waals surface area (Å²) >= 11 is 0. The van der Waals surface area contributed by atoms with E-state index >= 15 is 0 Å². The topological polar surface area (TPSA) is 111 Å². The van der Waals surface area contributed by atoms with Crippen molar-refractivity contribution in [1.29, 1.82) is 0 Å². The number of H-pyrrole nitrogens is 2. The number of piperazine rings is 1. The zero-order valence-corrected chi connectivity index (χ0v) is 16.6. The zero-order chi connectivity index (χ0) is 20.8. The fourth-order valence-electron chi connectivity index (χ4n) is 3.92. The third-order valence-electron chi connectivity index (χ3n) is 5.71. The maximum atomic E-state index is 12.9. The van der Waals surface area contributed by atoms with E-state index in [1.54, 1.807) is 18.2 Å². The summed E-state index contributed by atoms with van der Waals surface area (Å²) in [6.07, 6.45) is 0. The molecule has 0 saturated carbocycles. The van der Waals surface area contributed by atoms with Gasteiger partial charge < -0.3 is 25.5 Å². The van der Waals surface area contributed by atoms with Crippen LogP contribution in [-0.4, -0.2) is 63.9 Å². The minimum absolute atomic E-state index is 0.00572. The number of benzene rings is 2. The summed E-state index contributed by atoms with van der Waals surface area (Å²) < 4.78 is 0. The number of nitrogen functional groups attached to an aromatic ring is 1. The minimum Gasteiger partial charge on any atom is -0.396 e. The summed E-state index contributed by atoms with van der Waals surface area (Å²) in [7, 11) is 2.05. The number of nitrogens with one attached hydrogen (secondary N) is 2. The van der Waals surface area contributed by atoms with Crippen molar-refractivity contribution in [1.82, 2.24) is 24.8 Å². The molecule has 1 fully saturated rings. The molecule has 0 atom stereocenters. The number of aromatic amines is 2. The van der Waals surface area contributed by atoms with Gasteiger partial charge in [0.15, 0.2) is 5.69 Å². The highest BCUT2D eigenvalue weighted by atomic mass is 16.2.